The van der Waals surface area contributed by atoms with Crippen molar-refractivity contribution >= 4 is 23.8 Å². The van der Waals surface area contributed by atoms with Crippen LogP contribution in [0.1, 0.15) is 29.8 Å². The third-order valence-corrected chi connectivity index (χ3v) is 2.54. The fourth-order valence-corrected chi connectivity index (χ4v) is 1.42. The summed E-state index contributed by atoms with van der Waals surface area (Å²) in [7, 11) is 0. The van der Waals surface area contributed by atoms with Crippen molar-refractivity contribution in [3.63, 3.8) is 0 Å². The van der Waals surface area contributed by atoms with E-state index in [2.05, 4.69) is 5.32 Å². The van der Waals surface area contributed by atoms with Gasteiger partial charge in [0.1, 0.15) is 6.29 Å². The summed E-state index contributed by atoms with van der Waals surface area (Å²) >= 11 is 5.96. The predicted molar refractivity (Wildman–Crippen MR) is 63.5 cm³/mol. The van der Waals surface area contributed by atoms with E-state index in [0.29, 0.717) is 17.1 Å². The first kappa shape index (κ1) is 12.7. The number of nitrogens with one attached hydrogen (secondary N) is 1. The highest BCUT2D eigenvalue weighted by Crippen LogP contribution is 2.17. The number of hydrogen-bond acceptors (Lipinski definition) is 2. The van der Waals surface area contributed by atoms with Crippen LogP contribution in [0.2, 0.25) is 5.02 Å². The van der Waals surface area contributed by atoms with Crippen LogP contribution in [0.25, 0.3) is 0 Å². The lowest BCUT2D eigenvalue weighted by atomic mass is 10.1. The van der Waals surface area contributed by atoms with Crippen molar-refractivity contribution < 1.29 is 9.59 Å². The van der Waals surface area contributed by atoms with Gasteiger partial charge in [-0.1, -0.05) is 37.6 Å². The van der Waals surface area contributed by atoms with Crippen LogP contribution in [0.15, 0.2) is 18.2 Å². The maximum absolute atomic E-state index is 11.3. The van der Waals surface area contributed by atoms with E-state index in [-0.39, 0.29) is 11.8 Å². The summed E-state index contributed by atoms with van der Waals surface area (Å²) in [5.41, 5.74) is 1.34. The van der Waals surface area contributed by atoms with E-state index in [1.54, 1.807) is 18.2 Å². The highest BCUT2D eigenvalue weighted by Gasteiger charge is 2.07. The lowest BCUT2D eigenvalue weighted by Crippen LogP contribution is -2.27. The molecule has 0 aliphatic carbocycles. The van der Waals surface area contributed by atoms with Crippen molar-refractivity contribution in [2.75, 3.05) is 0 Å². The summed E-state index contributed by atoms with van der Waals surface area (Å²) in [6, 6.07) is 5.01. The third kappa shape index (κ3) is 3.35. The van der Waals surface area contributed by atoms with Crippen LogP contribution in [0.4, 0.5) is 0 Å². The molecule has 0 aromatic heterocycles. The Bertz CT molecular complexity index is 402. The van der Waals surface area contributed by atoms with Gasteiger partial charge in [-0.05, 0) is 11.6 Å². The van der Waals surface area contributed by atoms with Gasteiger partial charge in [0, 0.05) is 23.0 Å². The minimum absolute atomic E-state index is 0.0180. The quantitative estimate of drug-likeness (QED) is 0.821. The Hall–Kier alpha value is -1.35. The SMILES string of the molecule is CC(C)C(=O)NCc1ccc(C=O)cc1Cl. The number of amides is 1. The minimum Gasteiger partial charge on any atom is -0.352 e. The Morgan fingerprint density at radius 1 is 1.50 bits per heavy atom. The van der Waals surface area contributed by atoms with Gasteiger partial charge in [0.15, 0.2) is 0 Å². The normalized spacial score (nSPS) is 10.2. The molecule has 3 nitrogen and oxygen atoms in total. The van der Waals surface area contributed by atoms with Crippen LogP contribution < -0.4 is 5.32 Å². The average Bonchev–Trinajstić information content (AvgIpc) is 2.26. The summed E-state index contributed by atoms with van der Waals surface area (Å²) in [6.45, 7) is 4.04. The molecule has 1 N–H and O–H groups in total. The average molecular weight is 240 g/mol. The van der Waals surface area contributed by atoms with Gasteiger partial charge < -0.3 is 5.32 Å². The smallest absolute Gasteiger partial charge is 0.222 e. The molecule has 1 rings (SSSR count). The summed E-state index contributed by atoms with van der Waals surface area (Å²) in [5, 5.41) is 3.26. The number of aldehydes is 1. The third-order valence-electron chi connectivity index (χ3n) is 2.19. The van der Waals surface area contributed by atoms with Gasteiger partial charge in [-0.2, -0.15) is 0 Å². The highest BCUT2D eigenvalue weighted by molar-refractivity contribution is 6.31. The van der Waals surface area contributed by atoms with Crippen molar-refractivity contribution in [3.8, 4) is 0 Å². The molecule has 0 fully saturated rings. The van der Waals surface area contributed by atoms with Crippen molar-refractivity contribution in [3.05, 3.63) is 34.3 Å². The summed E-state index contributed by atoms with van der Waals surface area (Å²) < 4.78 is 0. The standard InChI is InChI=1S/C12H14ClNO2/c1-8(2)12(16)14-6-10-4-3-9(7-15)5-11(10)13/h3-5,7-8H,6H2,1-2H3,(H,14,16). The molecule has 0 aliphatic heterocycles. The van der Waals surface area contributed by atoms with Crippen LogP contribution in [0.5, 0.6) is 0 Å². The predicted octanol–water partition coefficient (Wildman–Crippen LogP) is 2.42. The van der Waals surface area contributed by atoms with E-state index in [9.17, 15) is 9.59 Å². The molecule has 0 bridgehead atoms. The summed E-state index contributed by atoms with van der Waals surface area (Å²) in [6.07, 6.45) is 0.738. The molecule has 1 aromatic carbocycles. The van der Waals surface area contributed by atoms with Crippen LogP contribution in [-0.2, 0) is 11.3 Å². The first-order valence-corrected chi connectivity index (χ1v) is 5.43. The van der Waals surface area contributed by atoms with Crippen LogP contribution in [0, 0.1) is 5.92 Å². The van der Waals surface area contributed by atoms with Gasteiger partial charge in [0.25, 0.3) is 0 Å². The monoisotopic (exact) mass is 239 g/mol. The Balaban J connectivity index is 2.68. The number of carbonyl (C=O) groups is 2. The lowest BCUT2D eigenvalue weighted by molar-refractivity contribution is -0.124. The number of carbonyl (C=O) groups excluding carboxylic acids is 2. The number of hydrogen-bond donors (Lipinski definition) is 1. The molecule has 0 radical (unpaired) electrons. The highest BCUT2D eigenvalue weighted by atomic mass is 35.5. The zero-order chi connectivity index (χ0) is 12.1. The lowest BCUT2D eigenvalue weighted by Gasteiger charge is -2.09. The van der Waals surface area contributed by atoms with Gasteiger partial charge in [-0.15, -0.1) is 0 Å². The van der Waals surface area contributed by atoms with Crippen LogP contribution in [0.3, 0.4) is 0 Å². The maximum Gasteiger partial charge on any atom is 0.222 e. The molecule has 0 aliphatic rings. The van der Waals surface area contributed by atoms with Crippen molar-refractivity contribution in [2.45, 2.75) is 20.4 Å². The molecule has 0 saturated heterocycles. The first-order valence-electron chi connectivity index (χ1n) is 5.06. The van der Waals surface area contributed by atoms with E-state index in [4.69, 9.17) is 11.6 Å². The van der Waals surface area contributed by atoms with Crippen LogP contribution in [-0.4, -0.2) is 12.2 Å². The Kier molecular flexibility index (Phi) is 4.50. The molecule has 0 saturated carbocycles. The van der Waals surface area contributed by atoms with Crippen molar-refractivity contribution in [2.24, 2.45) is 5.92 Å². The van der Waals surface area contributed by atoms with Crippen LogP contribution >= 0.6 is 11.6 Å². The van der Waals surface area contributed by atoms with Gasteiger partial charge in [0.05, 0.1) is 0 Å². The van der Waals surface area contributed by atoms with Gasteiger partial charge in [0.2, 0.25) is 5.91 Å². The summed E-state index contributed by atoms with van der Waals surface area (Å²) in [5.74, 6) is -0.0662. The second kappa shape index (κ2) is 5.66. The minimum atomic E-state index is -0.0481. The zero-order valence-electron chi connectivity index (χ0n) is 9.29. The molecular weight excluding hydrogens is 226 g/mol. The second-order valence-corrected chi connectivity index (χ2v) is 4.25. The molecule has 0 heterocycles. The van der Waals surface area contributed by atoms with E-state index in [1.807, 2.05) is 13.8 Å². The van der Waals surface area contributed by atoms with E-state index in [0.717, 1.165) is 11.8 Å². The summed E-state index contributed by atoms with van der Waals surface area (Å²) in [4.78, 5) is 21.8. The molecule has 0 unspecified atom stereocenters. The second-order valence-electron chi connectivity index (χ2n) is 3.84. The zero-order valence-corrected chi connectivity index (χ0v) is 10.0. The Morgan fingerprint density at radius 2 is 2.19 bits per heavy atom. The fourth-order valence-electron chi connectivity index (χ4n) is 1.17. The number of benzene rings is 1. The number of rotatable bonds is 4. The van der Waals surface area contributed by atoms with Crippen molar-refractivity contribution in [1.82, 2.24) is 5.32 Å². The molecule has 1 aromatic rings. The molecule has 1 amide bonds. The Morgan fingerprint density at radius 3 is 2.69 bits per heavy atom. The Labute approximate surface area is 99.8 Å². The van der Waals surface area contributed by atoms with E-state index < -0.39 is 0 Å². The topological polar surface area (TPSA) is 46.2 Å². The molecule has 16 heavy (non-hydrogen) atoms. The molecule has 4 heteroatoms. The van der Waals surface area contributed by atoms with Crippen molar-refractivity contribution in [1.29, 1.82) is 0 Å². The first-order chi connectivity index (χ1) is 7.54. The molecule has 0 spiro atoms. The number of halogens is 1. The fraction of sp³-hybridized carbons (Fsp3) is 0.333. The van der Waals surface area contributed by atoms with Gasteiger partial charge in [-0.3, -0.25) is 9.59 Å². The molecular formula is C12H14ClNO2. The van der Waals surface area contributed by atoms with E-state index in [1.165, 1.54) is 0 Å². The molecule has 0 atom stereocenters. The van der Waals surface area contributed by atoms with Gasteiger partial charge in [-0.25, -0.2) is 0 Å². The molecule has 86 valence electrons. The largest absolute Gasteiger partial charge is 0.352 e. The van der Waals surface area contributed by atoms with E-state index >= 15 is 0 Å². The van der Waals surface area contributed by atoms with Gasteiger partial charge >= 0.3 is 0 Å². The maximum atomic E-state index is 11.3.